The highest BCUT2D eigenvalue weighted by Crippen LogP contribution is 2.32. The van der Waals surface area contributed by atoms with E-state index >= 15 is 0 Å². The molecule has 2 heterocycles. The number of anilines is 2. The number of hydrogen-bond donors (Lipinski definition) is 3. The van der Waals surface area contributed by atoms with Crippen LogP contribution in [0.15, 0.2) is 48.9 Å². The minimum atomic E-state index is -1.20. The van der Waals surface area contributed by atoms with E-state index in [1.54, 1.807) is 34.9 Å². The van der Waals surface area contributed by atoms with Gasteiger partial charge in [-0.15, -0.1) is 0 Å². The fourth-order valence-electron chi connectivity index (χ4n) is 3.81. The number of benzene rings is 2. The Balaban J connectivity index is 1.54. The number of amides is 1. The average Bonchev–Trinajstić information content (AvgIpc) is 3.34. The summed E-state index contributed by atoms with van der Waals surface area (Å²) in [7, 11) is 0. The Kier molecular flexibility index (Phi) is 8.68. The van der Waals surface area contributed by atoms with Gasteiger partial charge in [-0.05, 0) is 49.7 Å². The minimum absolute atomic E-state index is 0.0436. The molecule has 1 amide bonds. The first-order valence-corrected chi connectivity index (χ1v) is 12.2. The first kappa shape index (κ1) is 26.8. The van der Waals surface area contributed by atoms with Crippen molar-refractivity contribution in [3.05, 3.63) is 71.1 Å². The third kappa shape index (κ3) is 5.82. The number of carbonyl (C=O) groups is 1. The second kappa shape index (κ2) is 12.3. The highest BCUT2D eigenvalue weighted by molar-refractivity contribution is 6.34. The molecule has 0 spiro atoms. The predicted molar refractivity (Wildman–Crippen MR) is 139 cm³/mol. The van der Waals surface area contributed by atoms with E-state index in [0.717, 1.165) is 19.3 Å². The molecule has 0 aliphatic carbocycles. The summed E-state index contributed by atoms with van der Waals surface area (Å²) in [6, 6.07) is 9.19. The topological polar surface area (TPSA) is 130 Å². The van der Waals surface area contributed by atoms with Crippen molar-refractivity contribution < 1.29 is 18.3 Å². The summed E-state index contributed by atoms with van der Waals surface area (Å²) in [6.45, 7) is 0.749. The molecular formula is C26H24ClF2N7O2. The summed E-state index contributed by atoms with van der Waals surface area (Å²) >= 11 is 6.37. The van der Waals surface area contributed by atoms with E-state index in [2.05, 4.69) is 20.6 Å². The fourth-order valence-corrected chi connectivity index (χ4v) is 4.08. The zero-order valence-corrected chi connectivity index (χ0v) is 20.9. The van der Waals surface area contributed by atoms with Crippen LogP contribution in [-0.2, 0) is 0 Å². The van der Waals surface area contributed by atoms with Gasteiger partial charge in [0.15, 0.2) is 29.6 Å². The van der Waals surface area contributed by atoms with Crippen LogP contribution in [0.3, 0.4) is 0 Å². The van der Waals surface area contributed by atoms with Gasteiger partial charge in [0.1, 0.15) is 6.07 Å². The lowest BCUT2D eigenvalue weighted by atomic mass is 10.1. The summed E-state index contributed by atoms with van der Waals surface area (Å²) in [5.74, 6) is -2.62. The Bertz CT molecular complexity index is 1500. The summed E-state index contributed by atoms with van der Waals surface area (Å²) in [5, 5.41) is 14.8. The van der Waals surface area contributed by atoms with Crippen LogP contribution in [0.4, 0.5) is 20.3 Å². The Morgan fingerprint density at radius 2 is 2.00 bits per heavy atom. The van der Waals surface area contributed by atoms with Gasteiger partial charge in [-0.3, -0.25) is 9.20 Å². The normalized spacial score (nSPS) is 10.8. The average molecular weight is 540 g/mol. The van der Waals surface area contributed by atoms with E-state index in [0.29, 0.717) is 35.8 Å². The van der Waals surface area contributed by atoms with Crippen LogP contribution >= 0.6 is 11.6 Å². The smallest absolute Gasteiger partial charge is 0.252 e. The van der Waals surface area contributed by atoms with Crippen molar-refractivity contribution in [2.45, 2.75) is 19.3 Å². The number of nitrogens with zero attached hydrogens (tertiary/aromatic N) is 4. The van der Waals surface area contributed by atoms with Crippen LogP contribution in [0, 0.1) is 23.0 Å². The lowest BCUT2D eigenvalue weighted by molar-refractivity contribution is 0.0953. The molecular weight excluding hydrogens is 516 g/mol. The zero-order chi connectivity index (χ0) is 27.1. The van der Waals surface area contributed by atoms with Gasteiger partial charge >= 0.3 is 0 Å². The quantitative estimate of drug-likeness (QED) is 0.233. The molecule has 0 saturated heterocycles. The van der Waals surface area contributed by atoms with Gasteiger partial charge in [0.2, 0.25) is 5.82 Å². The highest BCUT2D eigenvalue weighted by atomic mass is 35.5. The van der Waals surface area contributed by atoms with Gasteiger partial charge in [0, 0.05) is 30.2 Å². The first-order valence-electron chi connectivity index (χ1n) is 11.8. The van der Waals surface area contributed by atoms with Gasteiger partial charge in [0.05, 0.1) is 22.5 Å². The number of imidazole rings is 1. The van der Waals surface area contributed by atoms with Crippen molar-refractivity contribution in [1.82, 2.24) is 19.7 Å². The molecule has 9 nitrogen and oxygen atoms in total. The van der Waals surface area contributed by atoms with Crippen LogP contribution in [0.2, 0.25) is 5.02 Å². The lowest BCUT2D eigenvalue weighted by Gasteiger charge is -2.11. The number of nitrogens with one attached hydrogen (secondary N) is 2. The number of nitrogens with two attached hydrogens (primary N) is 1. The number of carbonyl (C=O) groups excluding carboxylic acids is 1. The maximum Gasteiger partial charge on any atom is 0.252 e. The summed E-state index contributed by atoms with van der Waals surface area (Å²) in [4.78, 5) is 21.1. The molecule has 196 valence electrons. The SMILES string of the molecule is N#CCOc1ccc(-c2cnc3c(Nc4ccc(C(=O)NCCCCCN)c(Cl)c4)nccn23)c(F)c1F. The third-order valence-corrected chi connectivity index (χ3v) is 6.00. The van der Waals surface area contributed by atoms with Gasteiger partial charge in [0.25, 0.3) is 5.91 Å². The number of aromatic nitrogens is 3. The number of rotatable bonds is 11. The maximum absolute atomic E-state index is 14.8. The molecule has 2 aromatic heterocycles. The maximum atomic E-state index is 14.8. The molecule has 2 aromatic carbocycles. The number of ether oxygens (including phenoxy) is 1. The van der Waals surface area contributed by atoms with Crippen molar-refractivity contribution in [1.29, 1.82) is 5.26 Å². The number of nitriles is 1. The molecule has 0 saturated carbocycles. The van der Waals surface area contributed by atoms with E-state index in [4.69, 9.17) is 27.3 Å². The van der Waals surface area contributed by atoms with Crippen LogP contribution in [0.5, 0.6) is 5.75 Å². The first-order chi connectivity index (χ1) is 18.4. The van der Waals surface area contributed by atoms with E-state index in [-0.39, 0.29) is 27.9 Å². The van der Waals surface area contributed by atoms with Crippen molar-refractivity contribution in [3.8, 4) is 23.1 Å². The molecule has 4 aromatic rings. The van der Waals surface area contributed by atoms with Crippen LogP contribution in [0.1, 0.15) is 29.6 Å². The number of fused-ring (bicyclic) bond motifs is 1. The number of hydrogen-bond acceptors (Lipinski definition) is 7. The molecule has 0 aliphatic rings. The van der Waals surface area contributed by atoms with E-state index < -0.39 is 18.2 Å². The zero-order valence-electron chi connectivity index (χ0n) is 20.2. The third-order valence-electron chi connectivity index (χ3n) is 5.69. The molecule has 0 bridgehead atoms. The number of halogens is 3. The minimum Gasteiger partial charge on any atom is -0.476 e. The van der Waals surface area contributed by atoms with Crippen LogP contribution < -0.4 is 21.1 Å². The van der Waals surface area contributed by atoms with Gasteiger partial charge < -0.3 is 21.1 Å². The standard InChI is InChI=1S/C26H24ClF2N7O2/c27-19-14-16(4-5-17(19)26(37)33-10-3-1-2-8-30)35-24-25-34-15-20(36(25)12-11-32-24)18-6-7-21(38-13-9-31)23(29)22(18)28/h4-7,11-12,14-15H,1-3,8,10,13,30H2,(H,32,35)(H,33,37). The Hall–Kier alpha value is -4.27. The Morgan fingerprint density at radius 3 is 2.76 bits per heavy atom. The summed E-state index contributed by atoms with van der Waals surface area (Å²) in [5.41, 5.74) is 6.96. The van der Waals surface area contributed by atoms with Crippen LogP contribution in [0.25, 0.3) is 16.9 Å². The molecule has 12 heteroatoms. The molecule has 0 atom stereocenters. The summed E-state index contributed by atoms with van der Waals surface area (Å²) < 4.78 is 35.8. The molecule has 0 radical (unpaired) electrons. The summed E-state index contributed by atoms with van der Waals surface area (Å²) in [6.07, 6.45) is 7.11. The van der Waals surface area contributed by atoms with E-state index in [1.165, 1.54) is 24.5 Å². The van der Waals surface area contributed by atoms with Gasteiger partial charge in [-0.25, -0.2) is 14.4 Å². The number of unbranched alkanes of at least 4 members (excludes halogenated alkanes) is 2. The van der Waals surface area contributed by atoms with Gasteiger partial charge in [-0.1, -0.05) is 18.0 Å². The second-order valence-corrected chi connectivity index (χ2v) is 8.63. The molecule has 38 heavy (non-hydrogen) atoms. The Morgan fingerprint density at radius 1 is 1.16 bits per heavy atom. The van der Waals surface area contributed by atoms with Gasteiger partial charge in [-0.2, -0.15) is 9.65 Å². The largest absolute Gasteiger partial charge is 0.476 e. The van der Waals surface area contributed by atoms with Crippen molar-refractivity contribution in [2.75, 3.05) is 25.0 Å². The van der Waals surface area contributed by atoms with E-state index in [9.17, 15) is 13.6 Å². The highest BCUT2D eigenvalue weighted by Gasteiger charge is 2.20. The fraction of sp³-hybridized carbons (Fsp3) is 0.231. The monoisotopic (exact) mass is 539 g/mol. The lowest BCUT2D eigenvalue weighted by Crippen LogP contribution is -2.24. The molecule has 0 unspecified atom stereocenters. The Labute approximate surface area is 222 Å². The van der Waals surface area contributed by atoms with Crippen LogP contribution in [-0.4, -0.2) is 40.0 Å². The molecule has 4 N–H and O–H groups in total. The van der Waals surface area contributed by atoms with E-state index in [1.807, 2.05) is 0 Å². The molecule has 4 rings (SSSR count). The van der Waals surface area contributed by atoms with Crippen molar-refractivity contribution in [2.24, 2.45) is 5.73 Å². The molecule has 0 fully saturated rings. The van der Waals surface area contributed by atoms with Crippen molar-refractivity contribution in [3.63, 3.8) is 0 Å². The predicted octanol–water partition coefficient (Wildman–Crippen LogP) is 4.83. The second-order valence-electron chi connectivity index (χ2n) is 8.22. The molecule has 0 aliphatic heterocycles. The van der Waals surface area contributed by atoms with Crippen molar-refractivity contribution >= 4 is 34.7 Å².